The minimum absolute atomic E-state index is 0.0958. The van der Waals surface area contributed by atoms with Crippen LogP contribution in [0.4, 0.5) is 0 Å². The maximum atomic E-state index is 12.1. The molecule has 0 heterocycles. The number of nitrogens with two attached hydrogens (primary N) is 1. The third-order valence-electron chi connectivity index (χ3n) is 1.90. The fourth-order valence-electron chi connectivity index (χ4n) is 1.07. The van der Waals surface area contributed by atoms with Gasteiger partial charge in [0.05, 0.1) is 13.2 Å². The summed E-state index contributed by atoms with van der Waals surface area (Å²) in [5.74, 6) is -1.09. The molecular formula is C9H19N2O5P. The van der Waals surface area contributed by atoms with Gasteiger partial charge in [-0.3, -0.25) is 23.3 Å². The van der Waals surface area contributed by atoms with Crippen molar-refractivity contribution >= 4 is 19.6 Å². The molecule has 17 heavy (non-hydrogen) atoms. The Labute approximate surface area is 101 Å². The molecule has 0 aromatic heterocycles. The smallest absolute Gasteiger partial charge is 0.370 e. The van der Waals surface area contributed by atoms with Crippen molar-refractivity contribution < 1.29 is 23.2 Å². The van der Waals surface area contributed by atoms with Gasteiger partial charge in [0.1, 0.15) is 0 Å². The van der Waals surface area contributed by atoms with Gasteiger partial charge >= 0.3 is 7.75 Å². The summed E-state index contributed by atoms with van der Waals surface area (Å²) in [5.41, 5.74) is 4.93. The molecule has 0 atom stereocenters. The SMILES string of the molecule is CCOP(=O)(OCC)N(C)C(=O)CCC(N)=O. The predicted octanol–water partition coefficient (Wildman–Crippen LogP) is 0.891. The van der Waals surface area contributed by atoms with Crippen LogP contribution in [-0.4, -0.2) is 36.7 Å². The Morgan fingerprint density at radius 3 is 2.00 bits per heavy atom. The first kappa shape index (κ1) is 16.1. The summed E-state index contributed by atoms with van der Waals surface area (Å²) >= 11 is 0. The van der Waals surface area contributed by atoms with Gasteiger partial charge in [-0.25, -0.2) is 4.57 Å². The van der Waals surface area contributed by atoms with E-state index in [0.29, 0.717) is 0 Å². The van der Waals surface area contributed by atoms with E-state index in [0.717, 1.165) is 4.67 Å². The molecule has 0 aromatic rings. The van der Waals surface area contributed by atoms with Crippen molar-refractivity contribution in [3.8, 4) is 0 Å². The topological polar surface area (TPSA) is 98.9 Å². The van der Waals surface area contributed by atoms with Crippen LogP contribution in [0.2, 0.25) is 0 Å². The first-order valence-electron chi connectivity index (χ1n) is 5.31. The molecule has 0 bridgehead atoms. The van der Waals surface area contributed by atoms with E-state index < -0.39 is 19.6 Å². The van der Waals surface area contributed by atoms with Gasteiger partial charge in [-0.05, 0) is 13.8 Å². The van der Waals surface area contributed by atoms with Gasteiger partial charge in [0.15, 0.2) is 0 Å². The lowest BCUT2D eigenvalue weighted by Gasteiger charge is -2.25. The van der Waals surface area contributed by atoms with Crippen LogP contribution in [0.1, 0.15) is 26.7 Å². The lowest BCUT2D eigenvalue weighted by atomic mass is 10.3. The summed E-state index contributed by atoms with van der Waals surface area (Å²) in [7, 11) is -2.28. The van der Waals surface area contributed by atoms with E-state index in [9.17, 15) is 14.2 Å². The van der Waals surface area contributed by atoms with Gasteiger partial charge in [0.25, 0.3) is 0 Å². The molecule has 0 aliphatic rings. The molecule has 0 aliphatic heterocycles. The molecule has 0 rings (SSSR count). The standard InChI is InChI=1S/C9H19N2O5P/c1-4-15-17(14,16-5-2)11(3)9(13)7-6-8(10)12/h4-7H2,1-3H3,(H2,10,12). The number of nitrogens with zero attached hydrogens (tertiary/aromatic N) is 1. The van der Waals surface area contributed by atoms with Gasteiger partial charge in [-0.2, -0.15) is 0 Å². The Morgan fingerprint density at radius 1 is 1.18 bits per heavy atom. The van der Waals surface area contributed by atoms with Crippen LogP contribution in [0.25, 0.3) is 0 Å². The van der Waals surface area contributed by atoms with Crippen LogP contribution >= 0.6 is 7.75 Å². The number of hydrogen-bond acceptors (Lipinski definition) is 5. The molecule has 0 unspecified atom stereocenters. The van der Waals surface area contributed by atoms with Crippen molar-refractivity contribution in [2.24, 2.45) is 5.73 Å². The molecule has 7 nitrogen and oxygen atoms in total. The van der Waals surface area contributed by atoms with Crippen molar-refractivity contribution in [3.05, 3.63) is 0 Å². The van der Waals surface area contributed by atoms with Crippen LogP contribution in [0.15, 0.2) is 0 Å². The summed E-state index contributed by atoms with van der Waals surface area (Å²) in [6, 6.07) is 0. The van der Waals surface area contributed by atoms with Crippen molar-refractivity contribution in [1.82, 2.24) is 4.67 Å². The van der Waals surface area contributed by atoms with E-state index in [2.05, 4.69) is 0 Å². The lowest BCUT2D eigenvalue weighted by molar-refractivity contribution is -0.129. The van der Waals surface area contributed by atoms with E-state index in [1.807, 2.05) is 0 Å². The van der Waals surface area contributed by atoms with Gasteiger partial charge in [-0.1, -0.05) is 0 Å². The molecule has 0 aromatic carbocycles. The first-order valence-corrected chi connectivity index (χ1v) is 6.81. The fraction of sp³-hybridized carbons (Fsp3) is 0.778. The number of primary amides is 1. The van der Waals surface area contributed by atoms with Gasteiger partial charge in [-0.15, -0.1) is 0 Å². The molecule has 0 aliphatic carbocycles. The Balaban J connectivity index is 4.60. The molecule has 2 N–H and O–H groups in total. The predicted molar refractivity (Wildman–Crippen MR) is 62.1 cm³/mol. The van der Waals surface area contributed by atoms with Crippen molar-refractivity contribution in [3.63, 3.8) is 0 Å². The third kappa shape index (κ3) is 5.30. The number of carbonyl (C=O) groups excluding carboxylic acids is 2. The second kappa shape index (κ2) is 7.42. The monoisotopic (exact) mass is 266 g/mol. The van der Waals surface area contributed by atoms with Crippen LogP contribution in [0.3, 0.4) is 0 Å². The van der Waals surface area contributed by atoms with Gasteiger partial charge in [0.2, 0.25) is 11.8 Å². The van der Waals surface area contributed by atoms with Gasteiger partial charge in [0, 0.05) is 19.9 Å². The van der Waals surface area contributed by atoms with Gasteiger partial charge < -0.3 is 5.73 Å². The molecule has 2 amide bonds. The zero-order valence-electron chi connectivity index (χ0n) is 10.3. The second-order valence-corrected chi connectivity index (χ2v) is 5.24. The average molecular weight is 266 g/mol. The molecule has 0 saturated heterocycles. The van der Waals surface area contributed by atoms with Crippen LogP contribution in [-0.2, 0) is 23.2 Å². The molecule has 8 heteroatoms. The Morgan fingerprint density at radius 2 is 1.65 bits per heavy atom. The zero-order valence-corrected chi connectivity index (χ0v) is 11.2. The highest BCUT2D eigenvalue weighted by molar-refractivity contribution is 7.52. The Bertz CT molecular complexity index is 311. The maximum absolute atomic E-state index is 12.1. The number of amides is 2. The Hall–Kier alpha value is -0.910. The fourth-order valence-corrected chi connectivity index (χ4v) is 2.51. The molecule has 100 valence electrons. The zero-order chi connectivity index (χ0) is 13.5. The normalized spacial score (nSPS) is 11.2. The lowest BCUT2D eigenvalue weighted by Crippen LogP contribution is -2.27. The van der Waals surface area contributed by atoms with Crippen molar-refractivity contribution in [2.75, 3.05) is 20.3 Å². The highest BCUT2D eigenvalue weighted by Crippen LogP contribution is 2.51. The van der Waals surface area contributed by atoms with E-state index in [-0.39, 0.29) is 26.1 Å². The van der Waals surface area contributed by atoms with Crippen molar-refractivity contribution in [1.29, 1.82) is 0 Å². The minimum atomic E-state index is -3.59. The average Bonchev–Trinajstić information content (AvgIpc) is 2.25. The summed E-state index contributed by atoms with van der Waals surface area (Å²) in [4.78, 5) is 22.2. The Kier molecular flexibility index (Phi) is 7.03. The molecule has 0 fully saturated rings. The number of hydrogen-bond donors (Lipinski definition) is 1. The maximum Gasteiger partial charge on any atom is 0.437 e. The van der Waals surface area contributed by atoms with E-state index in [1.165, 1.54) is 7.05 Å². The van der Waals surface area contributed by atoms with E-state index >= 15 is 0 Å². The summed E-state index contributed by atoms with van der Waals surface area (Å²) in [6.07, 6.45) is -0.211. The largest absolute Gasteiger partial charge is 0.437 e. The van der Waals surface area contributed by atoms with Crippen LogP contribution in [0.5, 0.6) is 0 Å². The second-order valence-electron chi connectivity index (χ2n) is 3.19. The van der Waals surface area contributed by atoms with Crippen molar-refractivity contribution in [2.45, 2.75) is 26.7 Å². The van der Waals surface area contributed by atoms with E-state index in [1.54, 1.807) is 13.8 Å². The summed E-state index contributed by atoms with van der Waals surface area (Å²) in [6.45, 7) is 3.61. The molecule has 0 radical (unpaired) electrons. The minimum Gasteiger partial charge on any atom is -0.370 e. The molecular weight excluding hydrogens is 247 g/mol. The van der Waals surface area contributed by atoms with E-state index in [4.69, 9.17) is 14.8 Å². The number of carbonyl (C=O) groups is 2. The summed E-state index contributed by atoms with van der Waals surface area (Å²) < 4.78 is 23.0. The summed E-state index contributed by atoms with van der Waals surface area (Å²) in [5, 5.41) is 0. The number of rotatable bonds is 8. The highest BCUT2D eigenvalue weighted by atomic mass is 31.2. The third-order valence-corrected chi connectivity index (χ3v) is 4.03. The first-order chi connectivity index (χ1) is 7.87. The van der Waals surface area contributed by atoms with Crippen LogP contribution in [0, 0.1) is 0 Å². The van der Waals surface area contributed by atoms with Crippen LogP contribution < -0.4 is 5.73 Å². The quantitative estimate of drug-likeness (QED) is 0.658. The highest BCUT2D eigenvalue weighted by Gasteiger charge is 2.33. The molecule has 0 saturated carbocycles. The molecule has 0 spiro atoms.